The van der Waals surface area contributed by atoms with Gasteiger partial charge in [0.2, 0.25) is 0 Å². The molecule has 7 atom stereocenters. The molecule has 0 radical (unpaired) electrons. The van der Waals surface area contributed by atoms with Crippen LogP contribution < -0.4 is 5.32 Å². The van der Waals surface area contributed by atoms with E-state index in [1.165, 1.54) is 5.57 Å². The Kier molecular flexibility index (Phi) is 6.89. The topological polar surface area (TPSA) is 108 Å². The second-order valence-corrected chi connectivity index (χ2v) is 12.1. The van der Waals surface area contributed by atoms with E-state index in [2.05, 4.69) is 36.3 Å². The van der Waals surface area contributed by atoms with Gasteiger partial charge < -0.3 is 20.4 Å². The van der Waals surface area contributed by atoms with Crippen molar-refractivity contribution in [3.05, 3.63) is 47.5 Å². The Labute approximate surface area is 224 Å². The van der Waals surface area contributed by atoms with Gasteiger partial charge >= 0.3 is 5.97 Å². The molecular weight excluding hydrogens is 480 g/mol. The number of carbonyl (C=O) groups excluding carboxylic acids is 1. The summed E-state index contributed by atoms with van der Waals surface area (Å²) >= 11 is 0. The van der Waals surface area contributed by atoms with Gasteiger partial charge in [0.25, 0.3) is 5.91 Å². The van der Waals surface area contributed by atoms with Crippen molar-refractivity contribution in [2.75, 3.05) is 6.61 Å². The Morgan fingerprint density at radius 2 is 1.87 bits per heavy atom. The number of fused-ring (bicyclic) bond motifs is 5. The first-order valence-electron chi connectivity index (χ1n) is 13.8. The summed E-state index contributed by atoms with van der Waals surface area (Å²) in [4.78, 5) is 29.4. The molecule has 3 fully saturated rings. The second kappa shape index (κ2) is 9.89. The lowest BCUT2D eigenvalue weighted by Crippen LogP contribution is -2.54. The molecule has 7 heteroatoms. The van der Waals surface area contributed by atoms with Gasteiger partial charge in [0, 0.05) is 5.41 Å². The zero-order valence-corrected chi connectivity index (χ0v) is 22.3. The van der Waals surface area contributed by atoms with Crippen molar-refractivity contribution < 1.29 is 24.6 Å². The Bertz CT molecular complexity index is 1200. The summed E-state index contributed by atoms with van der Waals surface area (Å²) in [6.45, 7) is 4.26. The van der Waals surface area contributed by atoms with E-state index < -0.39 is 23.5 Å². The SMILES string of the molecule is C#C[C@@]1(O)CCC2C3CCC4=CC(=NOCC(=O)NC(C(=O)O)c5ccccc5)CC[C@]4(C)C3CC[C@@]21C. The number of carbonyl (C=O) groups is 2. The Morgan fingerprint density at radius 3 is 2.58 bits per heavy atom. The van der Waals surface area contributed by atoms with Crippen LogP contribution in [0.4, 0.5) is 0 Å². The van der Waals surface area contributed by atoms with Crippen LogP contribution in [0.1, 0.15) is 76.8 Å². The van der Waals surface area contributed by atoms with Gasteiger partial charge in [-0.25, -0.2) is 4.79 Å². The number of aliphatic hydroxyl groups is 1. The fourth-order valence-electron chi connectivity index (χ4n) is 8.21. The second-order valence-electron chi connectivity index (χ2n) is 12.1. The van der Waals surface area contributed by atoms with Crippen LogP contribution in [-0.4, -0.2) is 40.0 Å². The first kappa shape index (κ1) is 26.5. The number of nitrogens with zero attached hydrogens (tertiary/aromatic N) is 1. The highest BCUT2D eigenvalue weighted by atomic mass is 16.6. The standard InChI is InChI=1S/C31H38N2O5/c1-4-31(37)17-14-25-23-11-10-21-18-22(12-15-29(21,2)24(23)13-16-30(25,31)3)33-38-19-26(34)32-27(28(35)36)20-8-6-5-7-9-20/h1,5-9,18,23-25,27,37H,10-17,19H2,2-3H3,(H,32,34)(H,35,36)/t23?,24?,25?,27?,29-,30-,31+/m0/s1. The number of nitrogens with one attached hydrogen (secondary N) is 1. The average molecular weight is 519 g/mol. The third kappa shape index (κ3) is 4.33. The van der Waals surface area contributed by atoms with Gasteiger partial charge in [-0.2, -0.15) is 0 Å². The highest BCUT2D eigenvalue weighted by Crippen LogP contribution is 2.67. The number of hydrogen-bond acceptors (Lipinski definition) is 5. The molecule has 1 amide bonds. The lowest BCUT2D eigenvalue weighted by Gasteiger charge is -2.58. The van der Waals surface area contributed by atoms with Crippen molar-refractivity contribution in [2.24, 2.45) is 33.7 Å². The first-order valence-corrected chi connectivity index (χ1v) is 13.8. The van der Waals surface area contributed by atoms with E-state index in [4.69, 9.17) is 11.3 Å². The fourth-order valence-corrected chi connectivity index (χ4v) is 8.21. The molecule has 3 saturated carbocycles. The number of carboxylic acids is 1. The highest BCUT2D eigenvalue weighted by molar-refractivity contribution is 5.96. The van der Waals surface area contributed by atoms with Crippen LogP contribution in [0.15, 0.2) is 47.1 Å². The predicted octanol–water partition coefficient (Wildman–Crippen LogP) is 4.63. The molecule has 4 unspecified atom stereocenters. The van der Waals surface area contributed by atoms with Crippen LogP contribution in [-0.2, 0) is 14.4 Å². The number of carboxylic acid groups (broad SMARTS) is 1. The average Bonchev–Trinajstić information content (AvgIpc) is 3.18. The number of benzene rings is 1. The number of aliphatic carboxylic acids is 1. The number of allylic oxidation sites excluding steroid dienone is 2. The summed E-state index contributed by atoms with van der Waals surface area (Å²) < 4.78 is 0. The van der Waals surface area contributed by atoms with E-state index in [0.29, 0.717) is 29.7 Å². The Hall–Kier alpha value is -3.11. The maximum absolute atomic E-state index is 12.4. The number of oxime groups is 1. The maximum atomic E-state index is 12.4. The molecule has 38 heavy (non-hydrogen) atoms. The van der Waals surface area contributed by atoms with Crippen LogP contribution in [0, 0.1) is 40.9 Å². The van der Waals surface area contributed by atoms with Gasteiger partial charge in [-0.1, -0.05) is 60.8 Å². The number of hydrogen-bond donors (Lipinski definition) is 3. The van der Waals surface area contributed by atoms with E-state index in [9.17, 15) is 19.8 Å². The summed E-state index contributed by atoms with van der Waals surface area (Å²) in [5.41, 5.74) is 1.64. The lowest BCUT2D eigenvalue weighted by molar-refractivity contribution is -0.142. The molecule has 4 aliphatic rings. The van der Waals surface area contributed by atoms with Crippen LogP contribution in [0.3, 0.4) is 0 Å². The van der Waals surface area contributed by atoms with Gasteiger partial charge in [0.15, 0.2) is 12.6 Å². The van der Waals surface area contributed by atoms with E-state index in [-0.39, 0.29) is 17.4 Å². The largest absolute Gasteiger partial charge is 0.479 e. The van der Waals surface area contributed by atoms with Crippen molar-refractivity contribution in [2.45, 2.75) is 76.9 Å². The van der Waals surface area contributed by atoms with E-state index in [1.807, 2.05) is 0 Å². The molecule has 7 nitrogen and oxygen atoms in total. The van der Waals surface area contributed by atoms with Crippen LogP contribution >= 0.6 is 0 Å². The molecular formula is C31H38N2O5. The molecule has 4 aliphatic carbocycles. The monoisotopic (exact) mass is 518 g/mol. The number of amides is 1. The van der Waals surface area contributed by atoms with E-state index in [0.717, 1.165) is 50.7 Å². The molecule has 1 aromatic carbocycles. The quantitative estimate of drug-likeness (QED) is 0.376. The summed E-state index contributed by atoms with van der Waals surface area (Å²) in [5.74, 6) is 2.69. The lowest BCUT2D eigenvalue weighted by atomic mass is 9.46. The van der Waals surface area contributed by atoms with Gasteiger partial charge in [0.05, 0.1) is 5.71 Å². The molecule has 202 valence electrons. The molecule has 0 saturated heterocycles. The molecule has 1 aromatic rings. The summed E-state index contributed by atoms with van der Waals surface area (Å²) in [7, 11) is 0. The number of terminal acetylenes is 1. The highest BCUT2D eigenvalue weighted by Gasteiger charge is 2.63. The zero-order valence-electron chi connectivity index (χ0n) is 22.3. The molecule has 0 spiro atoms. The van der Waals surface area contributed by atoms with Crippen molar-refractivity contribution in [3.8, 4) is 12.3 Å². The van der Waals surface area contributed by atoms with Gasteiger partial charge in [0.1, 0.15) is 5.60 Å². The molecule has 0 bridgehead atoms. The van der Waals surface area contributed by atoms with Crippen molar-refractivity contribution in [3.63, 3.8) is 0 Å². The van der Waals surface area contributed by atoms with Gasteiger partial charge in [-0.15, -0.1) is 6.42 Å². The molecule has 3 N–H and O–H groups in total. The normalized spacial score (nSPS) is 37.6. The molecule has 0 aliphatic heterocycles. The third-order valence-electron chi connectivity index (χ3n) is 10.4. The predicted molar refractivity (Wildman–Crippen MR) is 144 cm³/mol. The zero-order chi connectivity index (χ0) is 27.1. The minimum atomic E-state index is -1.14. The first-order chi connectivity index (χ1) is 18.1. The fraction of sp³-hybridized carbons (Fsp3) is 0.581. The molecule has 0 heterocycles. The van der Waals surface area contributed by atoms with Crippen LogP contribution in [0.5, 0.6) is 0 Å². The molecule has 5 rings (SSSR count). The van der Waals surface area contributed by atoms with Crippen LogP contribution in [0.25, 0.3) is 0 Å². The summed E-state index contributed by atoms with van der Waals surface area (Å²) in [6.07, 6.45) is 15.5. The van der Waals surface area contributed by atoms with E-state index in [1.54, 1.807) is 30.3 Å². The van der Waals surface area contributed by atoms with Gasteiger partial charge in [-0.05, 0) is 86.2 Å². The van der Waals surface area contributed by atoms with Gasteiger partial charge in [-0.3, -0.25) is 4.79 Å². The maximum Gasteiger partial charge on any atom is 0.330 e. The van der Waals surface area contributed by atoms with E-state index >= 15 is 0 Å². The summed E-state index contributed by atoms with van der Waals surface area (Å²) in [5, 5.41) is 27.5. The summed E-state index contributed by atoms with van der Waals surface area (Å²) in [6, 6.07) is 7.44. The van der Waals surface area contributed by atoms with Crippen molar-refractivity contribution >= 4 is 17.6 Å². The minimum absolute atomic E-state index is 0.0991. The molecule has 0 aromatic heterocycles. The third-order valence-corrected chi connectivity index (χ3v) is 10.4. The Balaban J connectivity index is 1.22. The Morgan fingerprint density at radius 1 is 1.13 bits per heavy atom. The van der Waals surface area contributed by atoms with Crippen molar-refractivity contribution in [1.29, 1.82) is 0 Å². The smallest absolute Gasteiger partial charge is 0.330 e. The number of rotatable bonds is 6. The van der Waals surface area contributed by atoms with Crippen LogP contribution in [0.2, 0.25) is 0 Å². The van der Waals surface area contributed by atoms with Crippen molar-refractivity contribution in [1.82, 2.24) is 5.32 Å². The minimum Gasteiger partial charge on any atom is -0.479 e.